The number of fused-ring (bicyclic) bond motifs is 1. The van der Waals surface area contributed by atoms with Crippen LogP contribution in [0.5, 0.6) is 5.75 Å². The van der Waals surface area contributed by atoms with Crippen molar-refractivity contribution in [2.75, 3.05) is 36.8 Å². The van der Waals surface area contributed by atoms with E-state index in [1.807, 2.05) is 6.92 Å². The summed E-state index contributed by atoms with van der Waals surface area (Å²) in [6.07, 6.45) is -0.613. The first-order chi connectivity index (χ1) is 19.9. The molecule has 1 aliphatic rings. The first-order valence-electron chi connectivity index (χ1n) is 13.6. The van der Waals surface area contributed by atoms with Crippen molar-refractivity contribution in [2.45, 2.75) is 51.2 Å². The highest BCUT2D eigenvalue weighted by Crippen LogP contribution is 2.30. The van der Waals surface area contributed by atoms with Crippen LogP contribution in [0.3, 0.4) is 0 Å². The Morgan fingerprint density at radius 1 is 1.21 bits per heavy atom. The van der Waals surface area contributed by atoms with Gasteiger partial charge in [0.2, 0.25) is 5.91 Å². The Hall–Kier alpha value is -4.10. The molecule has 226 valence electrons. The molecule has 1 aromatic heterocycles. The van der Waals surface area contributed by atoms with Gasteiger partial charge in [-0.25, -0.2) is 13.2 Å². The molecule has 2 aromatic carbocycles. The van der Waals surface area contributed by atoms with Gasteiger partial charge in [-0.15, -0.1) is 0 Å². The molecule has 3 aromatic rings. The molecule has 0 radical (unpaired) electrons. The average Bonchev–Trinajstić information content (AvgIpc) is 3.29. The highest BCUT2D eigenvalue weighted by atomic mass is 32.2. The number of aromatic nitrogens is 1. The number of anilines is 2. The summed E-state index contributed by atoms with van der Waals surface area (Å²) in [4.78, 5) is 29.7. The molecule has 0 saturated heterocycles. The number of likely N-dealkylation sites (N-methyl/N-ethyl adjacent to an activating group) is 1. The van der Waals surface area contributed by atoms with Gasteiger partial charge in [-0.05, 0) is 51.1 Å². The summed E-state index contributed by atoms with van der Waals surface area (Å²) in [5, 5.41) is 16.6. The first-order valence-corrected chi connectivity index (χ1v) is 15.1. The Morgan fingerprint density at radius 2 is 1.93 bits per heavy atom. The van der Waals surface area contributed by atoms with Crippen LogP contribution >= 0.6 is 0 Å². The van der Waals surface area contributed by atoms with Gasteiger partial charge in [0.15, 0.2) is 5.76 Å². The van der Waals surface area contributed by atoms with E-state index in [0.717, 1.165) is 0 Å². The Kier molecular flexibility index (Phi) is 9.42. The molecule has 3 N–H and O–H groups in total. The predicted molar refractivity (Wildman–Crippen MR) is 157 cm³/mol. The van der Waals surface area contributed by atoms with E-state index in [1.165, 1.54) is 17.0 Å². The predicted octanol–water partition coefficient (Wildman–Crippen LogP) is 3.41. The number of amides is 3. The Balaban J connectivity index is 1.62. The maximum absolute atomic E-state index is 13.5. The topological polar surface area (TPSA) is 154 Å². The summed E-state index contributed by atoms with van der Waals surface area (Å²) in [7, 11) is -2.22. The Morgan fingerprint density at radius 3 is 2.57 bits per heavy atom. The quantitative estimate of drug-likeness (QED) is 0.356. The number of rotatable bonds is 8. The largest absolute Gasteiger partial charge is 0.488 e. The highest BCUT2D eigenvalue weighted by molar-refractivity contribution is 7.92. The maximum atomic E-state index is 13.5. The number of urea groups is 1. The van der Waals surface area contributed by atoms with Crippen molar-refractivity contribution in [3.8, 4) is 5.75 Å². The van der Waals surface area contributed by atoms with Crippen molar-refractivity contribution in [3.05, 3.63) is 65.5 Å². The smallest absolute Gasteiger partial charge is 0.321 e. The molecule has 0 unspecified atom stereocenters. The van der Waals surface area contributed by atoms with Gasteiger partial charge in [0.25, 0.3) is 10.0 Å². The third-order valence-electron chi connectivity index (χ3n) is 7.29. The normalized spacial score (nSPS) is 18.1. The molecule has 0 fully saturated rings. The van der Waals surface area contributed by atoms with Gasteiger partial charge in [-0.1, -0.05) is 30.3 Å². The SMILES string of the molecule is Cc1noc(C)c1NC(=O)N(C)C[C@H]1Oc2ccc(NS(=O)(=O)c3ccccc3)cc2CC(=O)N([C@@H](C)CO)C[C@@H]1C. The van der Waals surface area contributed by atoms with Crippen molar-refractivity contribution < 1.29 is 32.4 Å². The molecule has 2 heterocycles. The molecule has 0 spiro atoms. The van der Waals surface area contributed by atoms with Crippen LogP contribution in [0.1, 0.15) is 30.9 Å². The second kappa shape index (κ2) is 12.8. The minimum absolute atomic E-state index is 0.0671. The van der Waals surface area contributed by atoms with Gasteiger partial charge < -0.3 is 29.5 Å². The van der Waals surface area contributed by atoms with Crippen molar-refractivity contribution in [3.63, 3.8) is 0 Å². The van der Waals surface area contributed by atoms with Crippen LogP contribution in [0.4, 0.5) is 16.2 Å². The zero-order chi connectivity index (χ0) is 30.6. The number of carbonyl (C=O) groups is 2. The molecule has 13 heteroatoms. The molecule has 4 rings (SSSR count). The van der Waals surface area contributed by atoms with Crippen LogP contribution in [-0.4, -0.2) is 79.3 Å². The first kappa shape index (κ1) is 30.8. The van der Waals surface area contributed by atoms with Gasteiger partial charge in [0.05, 0.1) is 30.5 Å². The van der Waals surface area contributed by atoms with Crippen molar-refractivity contribution in [2.24, 2.45) is 5.92 Å². The number of carbonyl (C=O) groups excluding carboxylic acids is 2. The van der Waals surface area contributed by atoms with Crippen LogP contribution in [0.15, 0.2) is 57.9 Å². The van der Waals surface area contributed by atoms with Gasteiger partial charge >= 0.3 is 6.03 Å². The molecular formula is C29H37N5O7S. The van der Waals surface area contributed by atoms with Gasteiger partial charge in [-0.3, -0.25) is 9.52 Å². The van der Waals surface area contributed by atoms with Gasteiger partial charge in [-0.2, -0.15) is 0 Å². The summed E-state index contributed by atoms with van der Waals surface area (Å²) in [5.41, 5.74) is 1.81. The lowest BCUT2D eigenvalue weighted by atomic mass is 10.0. The van der Waals surface area contributed by atoms with Crippen LogP contribution in [0.25, 0.3) is 0 Å². The highest BCUT2D eigenvalue weighted by Gasteiger charge is 2.32. The standard InChI is InChI=1S/C29H37N5O7S/c1-18-15-34(19(2)17-35)27(36)14-22-13-23(32-42(38,39)24-9-7-6-8-10-24)11-12-25(22)40-26(18)16-33(5)29(37)30-28-20(3)31-41-21(28)4/h6-13,18-19,26,32,35H,14-17H2,1-5H3,(H,30,37)/t18-,19-,26+/m0/s1. The summed E-state index contributed by atoms with van der Waals surface area (Å²) < 4.78 is 40.0. The van der Waals surface area contributed by atoms with Crippen molar-refractivity contribution in [1.29, 1.82) is 0 Å². The Bertz CT molecular complexity index is 1510. The minimum Gasteiger partial charge on any atom is -0.488 e. The second-order valence-electron chi connectivity index (χ2n) is 10.6. The van der Waals surface area contributed by atoms with Crippen molar-refractivity contribution in [1.82, 2.24) is 15.0 Å². The molecule has 12 nitrogen and oxygen atoms in total. The number of ether oxygens (including phenoxy) is 1. The molecule has 0 bridgehead atoms. The molecule has 3 amide bonds. The number of aliphatic hydroxyl groups is 1. The number of aryl methyl sites for hydroxylation is 2. The lowest BCUT2D eigenvalue weighted by Crippen LogP contribution is -2.48. The van der Waals surface area contributed by atoms with E-state index in [1.54, 1.807) is 69.1 Å². The van der Waals surface area contributed by atoms with Crippen molar-refractivity contribution >= 4 is 33.3 Å². The molecule has 42 heavy (non-hydrogen) atoms. The van der Waals surface area contributed by atoms with E-state index < -0.39 is 22.2 Å². The fourth-order valence-electron chi connectivity index (χ4n) is 4.74. The fourth-order valence-corrected chi connectivity index (χ4v) is 5.81. The second-order valence-corrected chi connectivity index (χ2v) is 12.3. The molecule has 0 saturated carbocycles. The van der Waals surface area contributed by atoms with Crippen LogP contribution < -0.4 is 14.8 Å². The van der Waals surface area contributed by atoms with E-state index in [-0.39, 0.29) is 54.6 Å². The summed E-state index contributed by atoms with van der Waals surface area (Å²) in [6.45, 7) is 7.34. The monoisotopic (exact) mass is 599 g/mol. The summed E-state index contributed by atoms with van der Waals surface area (Å²) >= 11 is 0. The van der Waals surface area contributed by atoms with Gasteiger partial charge in [0, 0.05) is 30.8 Å². The van der Waals surface area contributed by atoms with E-state index in [2.05, 4.69) is 15.2 Å². The summed E-state index contributed by atoms with van der Waals surface area (Å²) in [5.74, 6) is 0.419. The van der Waals surface area contributed by atoms with E-state index in [9.17, 15) is 23.1 Å². The maximum Gasteiger partial charge on any atom is 0.321 e. The zero-order valence-corrected chi connectivity index (χ0v) is 25.1. The van der Waals surface area contributed by atoms with E-state index in [4.69, 9.17) is 9.26 Å². The van der Waals surface area contributed by atoms with Gasteiger partial charge in [0.1, 0.15) is 23.2 Å². The zero-order valence-electron chi connectivity index (χ0n) is 24.3. The number of hydrogen-bond donors (Lipinski definition) is 3. The number of nitrogens with one attached hydrogen (secondary N) is 2. The molecular weight excluding hydrogens is 562 g/mol. The lowest BCUT2D eigenvalue weighted by molar-refractivity contribution is -0.134. The third-order valence-corrected chi connectivity index (χ3v) is 8.69. The van der Waals surface area contributed by atoms with E-state index >= 15 is 0 Å². The molecule has 1 aliphatic heterocycles. The number of nitrogens with zero attached hydrogens (tertiary/aromatic N) is 3. The fraction of sp³-hybridized carbons (Fsp3) is 0.414. The molecule has 3 atom stereocenters. The van der Waals surface area contributed by atoms with Crippen LogP contribution in [0.2, 0.25) is 0 Å². The number of sulfonamides is 1. The lowest BCUT2D eigenvalue weighted by Gasteiger charge is -2.34. The molecule has 0 aliphatic carbocycles. The number of aliphatic hydroxyl groups excluding tert-OH is 1. The minimum atomic E-state index is -3.86. The average molecular weight is 600 g/mol. The number of hydrogen-bond acceptors (Lipinski definition) is 8. The third kappa shape index (κ3) is 7.02. The van der Waals surface area contributed by atoms with E-state index in [0.29, 0.717) is 28.5 Å². The number of benzene rings is 2. The van der Waals surface area contributed by atoms with Crippen LogP contribution in [0, 0.1) is 19.8 Å². The Labute approximate surface area is 245 Å². The van der Waals surface area contributed by atoms with Crippen LogP contribution in [-0.2, 0) is 21.2 Å². The summed E-state index contributed by atoms with van der Waals surface area (Å²) in [6, 6.07) is 11.9.